The molecular formula is C57H84O3. The number of aliphatic hydroxyl groups excluding tert-OH is 3. The zero-order valence-electron chi connectivity index (χ0n) is 41.9. The van der Waals surface area contributed by atoms with E-state index in [0.717, 1.165) is 50.1 Å². The van der Waals surface area contributed by atoms with E-state index in [-0.39, 0.29) is 32.5 Å². The van der Waals surface area contributed by atoms with Crippen molar-refractivity contribution in [2.75, 3.05) is 0 Å². The van der Waals surface area contributed by atoms with Crippen molar-refractivity contribution in [2.24, 2.45) is 0 Å². The summed E-state index contributed by atoms with van der Waals surface area (Å²) in [5.74, 6) is 0. The average molecular weight is 817 g/mol. The molecule has 3 N–H and O–H groups in total. The summed E-state index contributed by atoms with van der Waals surface area (Å²) in [6.45, 7) is 46.7. The Hall–Kier alpha value is -3.24. The molecule has 60 heavy (non-hydrogen) atoms. The fourth-order valence-corrected chi connectivity index (χ4v) is 8.37. The van der Waals surface area contributed by atoms with E-state index in [9.17, 15) is 15.3 Å². The molecule has 0 aliphatic carbocycles. The maximum Gasteiger partial charge on any atom is 0.0830 e. The van der Waals surface area contributed by atoms with Crippen molar-refractivity contribution in [3.63, 3.8) is 0 Å². The van der Waals surface area contributed by atoms with Crippen molar-refractivity contribution < 1.29 is 15.3 Å². The van der Waals surface area contributed by atoms with Gasteiger partial charge in [-0.05, 0) is 137 Å². The molecular weight excluding hydrogens is 733 g/mol. The molecule has 4 aromatic carbocycles. The van der Waals surface area contributed by atoms with Gasteiger partial charge in [-0.3, -0.25) is 0 Å². The van der Waals surface area contributed by atoms with E-state index in [0.29, 0.717) is 19.3 Å². The highest BCUT2D eigenvalue weighted by Crippen LogP contribution is 2.40. The van der Waals surface area contributed by atoms with E-state index in [1.54, 1.807) is 0 Å². The topological polar surface area (TPSA) is 60.7 Å². The Morgan fingerprint density at radius 3 is 0.583 bits per heavy atom. The van der Waals surface area contributed by atoms with Gasteiger partial charge < -0.3 is 15.3 Å². The molecule has 0 radical (unpaired) electrons. The molecule has 0 bridgehead atoms. The molecule has 0 aromatic heterocycles. The summed E-state index contributed by atoms with van der Waals surface area (Å²) >= 11 is 0. The molecule has 0 heterocycles. The molecule has 3 unspecified atom stereocenters. The van der Waals surface area contributed by atoms with Crippen LogP contribution in [-0.4, -0.2) is 15.3 Å². The molecule has 0 fully saturated rings. The lowest BCUT2D eigenvalue weighted by molar-refractivity contribution is 0.174. The third kappa shape index (κ3) is 11.6. The van der Waals surface area contributed by atoms with E-state index in [1.807, 2.05) is 0 Å². The maximum absolute atomic E-state index is 12.3. The number of aliphatic hydroxyl groups is 3. The predicted molar refractivity (Wildman–Crippen MR) is 258 cm³/mol. The largest absolute Gasteiger partial charge is 0.388 e. The van der Waals surface area contributed by atoms with Gasteiger partial charge >= 0.3 is 0 Å². The molecule has 0 amide bonds. The Bertz CT molecular complexity index is 1790. The second kappa shape index (κ2) is 17.1. The first-order valence-corrected chi connectivity index (χ1v) is 22.6. The number of hydrogen-bond donors (Lipinski definition) is 3. The first-order valence-electron chi connectivity index (χ1n) is 22.6. The smallest absolute Gasteiger partial charge is 0.0830 e. The van der Waals surface area contributed by atoms with Crippen molar-refractivity contribution in [2.45, 2.75) is 215 Å². The highest BCUT2D eigenvalue weighted by Gasteiger charge is 2.29. The fraction of sp³-hybridized carbons (Fsp3) is 0.579. The zero-order valence-corrected chi connectivity index (χ0v) is 41.9. The van der Waals surface area contributed by atoms with Crippen LogP contribution in [0.15, 0.2) is 54.6 Å². The van der Waals surface area contributed by atoms with Gasteiger partial charge in [0.25, 0.3) is 0 Å². The van der Waals surface area contributed by atoms with E-state index in [2.05, 4.69) is 200 Å². The first-order chi connectivity index (χ1) is 27.0. The Labute approximate surface area is 367 Å². The molecule has 3 atom stereocenters. The van der Waals surface area contributed by atoms with Gasteiger partial charge in [-0.1, -0.05) is 179 Å². The zero-order chi connectivity index (χ0) is 45.9. The molecule has 4 rings (SSSR count). The predicted octanol–water partition coefficient (Wildman–Crippen LogP) is 14.2. The Kier molecular flexibility index (Phi) is 14.1. The molecule has 330 valence electrons. The highest BCUT2D eigenvalue weighted by atomic mass is 16.3. The monoisotopic (exact) mass is 817 g/mol. The van der Waals surface area contributed by atoms with E-state index >= 15 is 0 Å². The second-order valence-electron chi connectivity index (χ2n) is 24.5. The van der Waals surface area contributed by atoms with Crippen LogP contribution in [0.2, 0.25) is 0 Å². The Morgan fingerprint density at radius 1 is 0.300 bits per heavy atom. The SMILES string of the molecule is Cc1c(CC(O)c2cc(C(C)(C)C)cc(C(C)(C)C)c2)c(C)c(CC(O)c2cc(C(C)(C)C)cc(C(C)(C)C)c2)c(C)c1CC(O)c1cc(C(C)(C)C)cc(C(C)(C)C)c1. The van der Waals surface area contributed by atoms with E-state index in [1.165, 1.54) is 33.4 Å². The summed E-state index contributed by atoms with van der Waals surface area (Å²) in [6, 6.07) is 20.1. The van der Waals surface area contributed by atoms with Crippen molar-refractivity contribution in [1.29, 1.82) is 0 Å². The van der Waals surface area contributed by atoms with Crippen LogP contribution in [0.1, 0.15) is 226 Å². The van der Waals surface area contributed by atoms with Crippen LogP contribution in [0.3, 0.4) is 0 Å². The molecule has 3 nitrogen and oxygen atoms in total. The van der Waals surface area contributed by atoms with Gasteiger partial charge in [-0.2, -0.15) is 0 Å². The average Bonchev–Trinajstić information content (AvgIpc) is 3.10. The normalized spacial score (nSPS) is 15.0. The van der Waals surface area contributed by atoms with Crippen LogP contribution in [0.5, 0.6) is 0 Å². The van der Waals surface area contributed by atoms with Crippen LogP contribution in [-0.2, 0) is 51.8 Å². The molecule has 0 spiro atoms. The summed E-state index contributed by atoms with van der Waals surface area (Å²) in [6.07, 6.45) is -0.910. The van der Waals surface area contributed by atoms with Crippen LogP contribution in [0.25, 0.3) is 0 Å². The van der Waals surface area contributed by atoms with Crippen LogP contribution >= 0.6 is 0 Å². The van der Waals surface area contributed by atoms with Crippen molar-refractivity contribution >= 4 is 0 Å². The van der Waals surface area contributed by atoms with Crippen LogP contribution < -0.4 is 0 Å². The van der Waals surface area contributed by atoms with Crippen molar-refractivity contribution in [1.82, 2.24) is 0 Å². The quantitative estimate of drug-likeness (QED) is 0.158. The highest BCUT2D eigenvalue weighted by molar-refractivity contribution is 5.53. The second-order valence-corrected chi connectivity index (χ2v) is 24.5. The van der Waals surface area contributed by atoms with Gasteiger partial charge in [0.1, 0.15) is 0 Å². The minimum absolute atomic E-state index is 0.0770. The lowest BCUT2D eigenvalue weighted by atomic mass is 9.77. The van der Waals surface area contributed by atoms with Gasteiger partial charge in [0.2, 0.25) is 0 Å². The van der Waals surface area contributed by atoms with Gasteiger partial charge in [-0.25, -0.2) is 0 Å². The standard InChI is InChI=1S/C57H84O3/c1-34-46(31-49(58)37-22-40(52(4,5)6)28-41(23-37)53(7,8)9)35(2)48(33-51(60)39-26-44(56(16,17)18)30-45(27-39)57(19,20)21)36(3)47(34)32-50(59)38-24-42(54(10,11)12)29-43(25-38)55(13,14)15/h22-30,49-51,58-60H,31-33H2,1-21H3. The van der Waals surface area contributed by atoms with Crippen molar-refractivity contribution in [3.8, 4) is 0 Å². The molecule has 0 saturated heterocycles. The number of benzene rings is 4. The van der Waals surface area contributed by atoms with Crippen LogP contribution in [0.4, 0.5) is 0 Å². The Balaban J connectivity index is 1.95. The summed E-state index contributed by atoms with van der Waals surface area (Å²) in [4.78, 5) is 0. The lowest BCUT2D eigenvalue weighted by Gasteiger charge is -2.30. The minimum Gasteiger partial charge on any atom is -0.388 e. The minimum atomic E-state index is -0.736. The van der Waals surface area contributed by atoms with Gasteiger partial charge in [0.05, 0.1) is 18.3 Å². The van der Waals surface area contributed by atoms with E-state index in [4.69, 9.17) is 0 Å². The van der Waals surface area contributed by atoms with E-state index < -0.39 is 18.3 Å². The third-order valence-electron chi connectivity index (χ3n) is 13.1. The molecule has 3 heteroatoms. The van der Waals surface area contributed by atoms with Gasteiger partial charge in [-0.15, -0.1) is 0 Å². The van der Waals surface area contributed by atoms with Gasteiger partial charge in [0, 0.05) is 19.3 Å². The molecule has 0 aliphatic heterocycles. The number of hydrogen-bond acceptors (Lipinski definition) is 3. The summed E-state index contributed by atoms with van der Waals surface area (Å²) < 4.78 is 0. The summed E-state index contributed by atoms with van der Waals surface area (Å²) in [5, 5.41) is 36.9. The molecule has 4 aromatic rings. The summed E-state index contributed by atoms with van der Waals surface area (Å²) in [7, 11) is 0. The lowest BCUT2D eigenvalue weighted by Crippen LogP contribution is -2.20. The third-order valence-corrected chi connectivity index (χ3v) is 13.1. The van der Waals surface area contributed by atoms with Crippen LogP contribution in [0, 0.1) is 20.8 Å². The molecule has 0 aliphatic rings. The first kappa shape index (κ1) is 49.4. The van der Waals surface area contributed by atoms with Gasteiger partial charge in [0.15, 0.2) is 0 Å². The fourth-order valence-electron chi connectivity index (χ4n) is 8.37. The maximum atomic E-state index is 12.3. The Morgan fingerprint density at radius 2 is 0.450 bits per heavy atom. The summed E-state index contributed by atoms with van der Waals surface area (Å²) in [5.41, 5.74) is 16.2. The van der Waals surface area contributed by atoms with Crippen molar-refractivity contribution in [3.05, 3.63) is 138 Å². The molecule has 0 saturated carbocycles. The number of rotatable bonds is 9.